The van der Waals surface area contributed by atoms with Crippen LogP contribution in [0, 0.1) is 23.7 Å². The molecule has 3 N–H and O–H groups in total. The predicted molar refractivity (Wildman–Crippen MR) is 364 cm³/mol. The Morgan fingerprint density at radius 1 is 0.586 bits per heavy atom. The summed E-state index contributed by atoms with van der Waals surface area (Å²) in [5.41, 5.74) is -2.01. The number of nitrogens with one attached hydrogen (secondary N) is 3. The molecule has 3 aliphatic carbocycles. The Labute approximate surface area is 582 Å². The minimum Gasteiger partial charge on any atom is -0.343 e. The first-order chi connectivity index (χ1) is 46.8. The van der Waals surface area contributed by atoms with E-state index >= 15 is 24.0 Å². The van der Waals surface area contributed by atoms with Gasteiger partial charge in [-0.2, -0.15) is 13.2 Å². The summed E-state index contributed by atoms with van der Waals surface area (Å²) in [6.45, 7) is 6.54. The Morgan fingerprint density at radius 3 is 1.77 bits per heavy atom. The summed E-state index contributed by atoms with van der Waals surface area (Å²) in [7, 11) is 10.1. The number of rotatable bonds is 11. The van der Waals surface area contributed by atoms with Crippen LogP contribution in [0.4, 0.5) is 13.2 Å². The van der Waals surface area contributed by atoms with Gasteiger partial charge in [-0.25, -0.2) is 0 Å². The van der Waals surface area contributed by atoms with E-state index in [1.807, 2.05) is 20.8 Å². The summed E-state index contributed by atoms with van der Waals surface area (Å²) in [4.78, 5) is 190. The van der Waals surface area contributed by atoms with Crippen molar-refractivity contribution in [1.82, 2.24) is 60.0 Å². The van der Waals surface area contributed by atoms with Crippen LogP contribution in [-0.4, -0.2) is 251 Å². The summed E-state index contributed by atoms with van der Waals surface area (Å²) in [6.07, 6.45) is 6.73. The van der Waals surface area contributed by atoms with Gasteiger partial charge < -0.3 is 60.0 Å². The lowest BCUT2D eigenvalue weighted by molar-refractivity contribution is -0.156. The molecule has 27 heteroatoms. The third-order valence-electron chi connectivity index (χ3n) is 22.0. The van der Waals surface area contributed by atoms with Gasteiger partial charge in [0.2, 0.25) is 70.9 Å². The molecule has 1 unspecified atom stereocenters. The van der Waals surface area contributed by atoms with Crippen molar-refractivity contribution in [3.05, 3.63) is 35.4 Å². The number of alkyl halides is 3. The molecule has 6 aliphatic rings. The average Bonchev–Trinajstić information content (AvgIpc) is 1.72. The monoisotopic (exact) mass is 1390 g/mol. The SMILES string of the molecule is CC[C@H](C)[C@@H]1NC(=O)[C@H](CC(C)C)N(C)C(=O)C[C@@H](C(=O)N2CCCC2)N(C)C(=O)[C@H](C2CCCCC2)N(C)C(=O)C2(CCCC2)NC(=O)C2CCCN2C(=O)[C@H](CCc2ccc(C(F)(F)F)cc2)NC(=O)CN(C)C(=O)[C@H](CC2CCCCC2)N(C)C(=O)CN(C)C(=O)CN(C)C1=O. The molecule has 12 amide bonds. The standard InChI is InChI=1S/C72H111F3N12O12/c1-12-47(4)61-68(97)81(7)44-59(90)79(5)45-60(91)83(9)55(41-49-24-15-13-16-25-49)66(95)80(6)43-57(88)76-52(34-31-48-29-32-51(33-30-48)72(73,74)75)65(94)87-39-23-28-53(87)64(93)78-71(35-19-20-36-71)70(99)85(11)62(50-26-17-14-18-27-50)69(98)84(10)56(67(96)86-37-21-22-38-86)42-58(89)82(8)54(40-46(2)3)63(92)77-61/h29-30,32-33,46-47,49-50,52-56,61-62H,12-28,31,34-45H2,1-11H3,(H,76,88)(H,77,92)(H,78,93)/t47-,52-,53?,54-,55-,56-,61-,62-/m0/s1. The van der Waals surface area contributed by atoms with Gasteiger partial charge in [0.1, 0.15) is 47.8 Å². The maximum atomic E-state index is 15.7. The second kappa shape index (κ2) is 35.3. The molecule has 8 atom stereocenters. The van der Waals surface area contributed by atoms with Crippen LogP contribution in [0.3, 0.4) is 0 Å². The molecular formula is C72H111F3N12O12. The van der Waals surface area contributed by atoms with Crippen LogP contribution < -0.4 is 16.0 Å². The second-order valence-corrected chi connectivity index (χ2v) is 29.7. The van der Waals surface area contributed by atoms with E-state index in [4.69, 9.17) is 0 Å². The predicted octanol–water partition coefficient (Wildman–Crippen LogP) is 5.38. The quantitative estimate of drug-likeness (QED) is 0.252. The minimum atomic E-state index is -4.62. The van der Waals surface area contributed by atoms with Gasteiger partial charge in [0, 0.05) is 69.0 Å². The minimum absolute atomic E-state index is 0.00427. The number of amides is 12. The molecule has 3 heterocycles. The largest absolute Gasteiger partial charge is 0.416 e. The Kier molecular flexibility index (Phi) is 28.2. The molecule has 552 valence electrons. The third kappa shape index (κ3) is 20.0. The molecule has 0 radical (unpaired) electrons. The van der Waals surface area contributed by atoms with Crippen molar-refractivity contribution in [1.29, 1.82) is 0 Å². The van der Waals surface area contributed by atoms with E-state index < -0.39 is 168 Å². The zero-order valence-electron chi connectivity index (χ0n) is 60.4. The number of hydrogen-bond donors (Lipinski definition) is 3. The van der Waals surface area contributed by atoms with E-state index in [2.05, 4.69) is 16.0 Å². The zero-order chi connectivity index (χ0) is 72.8. The zero-order valence-corrected chi connectivity index (χ0v) is 60.4. The maximum absolute atomic E-state index is 15.7. The van der Waals surface area contributed by atoms with Crippen LogP contribution in [0.1, 0.15) is 187 Å². The first-order valence-electron chi connectivity index (χ1n) is 36.2. The van der Waals surface area contributed by atoms with Gasteiger partial charge in [-0.15, -0.1) is 0 Å². The van der Waals surface area contributed by atoms with Crippen LogP contribution in [0.2, 0.25) is 0 Å². The highest BCUT2D eigenvalue weighted by Crippen LogP contribution is 2.38. The summed E-state index contributed by atoms with van der Waals surface area (Å²) in [5, 5.41) is 8.79. The van der Waals surface area contributed by atoms with E-state index in [9.17, 15) is 46.7 Å². The van der Waals surface area contributed by atoms with Gasteiger partial charge in [0.15, 0.2) is 0 Å². The lowest BCUT2D eigenvalue weighted by atomic mass is 9.81. The number of likely N-dealkylation sites (tertiary alicyclic amines) is 1. The number of carbonyl (C=O) groups is 12. The fourth-order valence-electron chi connectivity index (χ4n) is 15.6. The number of nitrogens with zero attached hydrogens (tertiary/aromatic N) is 9. The van der Waals surface area contributed by atoms with Crippen molar-refractivity contribution in [2.75, 3.05) is 88.6 Å². The molecule has 1 aromatic carbocycles. The molecule has 0 aromatic heterocycles. The lowest BCUT2D eigenvalue weighted by Gasteiger charge is -2.43. The molecule has 7 rings (SSSR count). The fourth-order valence-corrected chi connectivity index (χ4v) is 15.6. The van der Waals surface area contributed by atoms with Gasteiger partial charge >= 0.3 is 6.18 Å². The number of fused-ring (bicyclic) bond motifs is 1. The number of aryl methyl sites for hydroxylation is 1. The molecule has 3 saturated heterocycles. The Morgan fingerprint density at radius 2 is 1.17 bits per heavy atom. The lowest BCUT2D eigenvalue weighted by Crippen LogP contribution is -2.65. The number of likely N-dealkylation sites (N-methyl/N-ethyl adjacent to an activating group) is 7. The van der Waals surface area contributed by atoms with Crippen LogP contribution in [0.25, 0.3) is 0 Å². The van der Waals surface area contributed by atoms with Crippen molar-refractivity contribution >= 4 is 70.9 Å². The van der Waals surface area contributed by atoms with Crippen molar-refractivity contribution in [2.45, 2.75) is 236 Å². The van der Waals surface area contributed by atoms with Crippen LogP contribution in [-0.2, 0) is 70.1 Å². The van der Waals surface area contributed by atoms with E-state index in [-0.39, 0.29) is 63.3 Å². The smallest absolute Gasteiger partial charge is 0.343 e. The average molecular weight is 1390 g/mol. The topological polar surface area (TPSA) is 270 Å². The number of benzene rings is 1. The van der Waals surface area contributed by atoms with Gasteiger partial charge in [0.05, 0.1) is 31.6 Å². The summed E-state index contributed by atoms with van der Waals surface area (Å²) in [6, 6.07) is -4.16. The van der Waals surface area contributed by atoms with E-state index in [0.29, 0.717) is 70.0 Å². The van der Waals surface area contributed by atoms with Crippen LogP contribution in [0.15, 0.2) is 24.3 Å². The summed E-state index contributed by atoms with van der Waals surface area (Å²) in [5.74, 6) is -8.52. The first-order valence-corrected chi connectivity index (χ1v) is 36.2. The van der Waals surface area contributed by atoms with Crippen molar-refractivity contribution in [3.63, 3.8) is 0 Å². The van der Waals surface area contributed by atoms with Crippen molar-refractivity contribution in [3.8, 4) is 0 Å². The molecule has 3 saturated carbocycles. The number of hydrogen-bond acceptors (Lipinski definition) is 12. The van der Waals surface area contributed by atoms with Crippen LogP contribution >= 0.6 is 0 Å². The van der Waals surface area contributed by atoms with Gasteiger partial charge in [0.25, 0.3) is 0 Å². The number of carbonyl (C=O) groups excluding carboxylic acids is 12. The normalized spacial score (nSPS) is 27.0. The van der Waals surface area contributed by atoms with E-state index in [1.165, 1.54) is 86.0 Å². The van der Waals surface area contributed by atoms with Crippen molar-refractivity contribution < 1.29 is 70.7 Å². The summed E-state index contributed by atoms with van der Waals surface area (Å²) < 4.78 is 41.1. The Bertz CT molecular complexity index is 3040. The molecular weight excluding hydrogens is 1280 g/mol. The van der Waals surface area contributed by atoms with Crippen molar-refractivity contribution in [2.24, 2.45) is 23.7 Å². The van der Waals surface area contributed by atoms with E-state index in [0.717, 1.165) is 78.2 Å². The highest BCUT2D eigenvalue weighted by Gasteiger charge is 2.51. The molecule has 99 heavy (non-hydrogen) atoms. The van der Waals surface area contributed by atoms with Gasteiger partial charge in [-0.1, -0.05) is 110 Å². The highest BCUT2D eigenvalue weighted by atomic mass is 19.4. The third-order valence-corrected chi connectivity index (χ3v) is 22.0. The molecule has 6 fully saturated rings. The van der Waals surface area contributed by atoms with Crippen LogP contribution in [0.5, 0.6) is 0 Å². The second-order valence-electron chi connectivity index (χ2n) is 29.7. The molecule has 24 nitrogen and oxygen atoms in total. The highest BCUT2D eigenvalue weighted by molar-refractivity contribution is 6.01. The molecule has 3 aliphatic heterocycles. The molecule has 1 spiro atoms. The Hall–Kier alpha value is -7.35. The maximum Gasteiger partial charge on any atom is 0.416 e. The summed E-state index contributed by atoms with van der Waals surface area (Å²) >= 11 is 0. The molecule has 1 aromatic rings. The first kappa shape index (κ1) is 79.0. The molecule has 0 bridgehead atoms. The van der Waals surface area contributed by atoms with Gasteiger partial charge in [-0.05, 0) is 118 Å². The fraction of sp³-hybridized carbons (Fsp3) is 0.750. The van der Waals surface area contributed by atoms with Gasteiger partial charge in [-0.3, -0.25) is 57.5 Å². The van der Waals surface area contributed by atoms with E-state index in [1.54, 1.807) is 11.8 Å². The number of halogens is 3. The Balaban J connectivity index is 1.28.